The summed E-state index contributed by atoms with van der Waals surface area (Å²) >= 11 is 0. The van der Waals surface area contributed by atoms with Gasteiger partial charge in [-0.15, -0.1) is 0 Å². The van der Waals surface area contributed by atoms with E-state index in [9.17, 15) is 9.59 Å². The zero-order valence-electron chi connectivity index (χ0n) is 22.5. The fraction of sp³-hybridized carbons (Fsp3) is 0.448. The number of carbonyl (C=O) groups excluding carboxylic acids is 2. The van der Waals surface area contributed by atoms with Crippen LogP contribution in [0.4, 0.5) is 11.4 Å². The second-order valence-corrected chi connectivity index (χ2v) is 9.83. The molecule has 2 aliphatic heterocycles. The topological polar surface area (TPSA) is 83.1 Å². The highest BCUT2D eigenvalue weighted by molar-refractivity contribution is 6.32. The number of hydrogen-bond donors (Lipinski definition) is 2. The van der Waals surface area contributed by atoms with Crippen molar-refractivity contribution in [3.05, 3.63) is 53.2 Å². The van der Waals surface area contributed by atoms with Gasteiger partial charge >= 0.3 is 0 Å². The molecule has 2 aliphatic rings. The van der Waals surface area contributed by atoms with E-state index in [1.54, 1.807) is 25.2 Å². The van der Waals surface area contributed by atoms with Crippen LogP contribution in [0.25, 0.3) is 5.57 Å². The summed E-state index contributed by atoms with van der Waals surface area (Å²) in [5.74, 6) is 1.44. The Kier molecular flexibility index (Phi) is 8.38. The van der Waals surface area contributed by atoms with E-state index in [4.69, 9.17) is 9.47 Å². The van der Waals surface area contributed by atoms with Gasteiger partial charge in [-0.3, -0.25) is 9.59 Å². The van der Waals surface area contributed by atoms with Crippen LogP contribution in [-0.2, 0) is 16.0 Å². The monoisotopic (exact) mass is 506 g/mol. The molecule has 0 spiro atoms. The molecule has 37 heavy (non-hydrogen) atoms. The number of nitrogens with zero attached hydrogens (tertiary/aromatic N) is 2. The van der Waals surface area contributed by atoms with E-state index in [0.717, 1.165) is 61.5 Å². The van der Waals surface area contributed by atoms with Crippen LogP contribution in [0.15, 0.2) is 42.1 Å². The van der Waals surface area contributed by atoms with Gasteiger partial charge in [-0.1, -0.05) is 19.1 Å². The molecular formula is C29H38N4O4. The van der Waals surface area contributed by atoms with E-state index in [2.05, 4.69) is 39.8 Å². The van der Waals surface area contributed by atoms with E-state index in [1.807, 2.05) is 27.1 Å². The zero-order chi connectivity index (χ0) is 26.5. The zero-order valence-corrected chi connectivity index (χ0v) is 22.5. The number of anilines is 2. The number of carbonyl (C=O) groups is 2. The van der Waals surface area contributed by atoms with Crippen LogP contribution in [0.5, 0.6) is 11.5 Å². The van der Waals surface area contributed by atoms with E-state index in [-0.39, 0.29) is 17.7 Å². The molecule has 0 atom stereocenters. The van der Waals surface area contributed by atoms with Crippen molar-refractivity contribution in [3.63, 3.8) is 0 Å². The first-order valence-corrected chi connectivity index (χ1v) is 12.9. The van der Waals surface area contributed by atoms with Crippen LogP contribution in [-0.4, -0.2) is 69.6 Å². The number of fused-ring (bicyclic) bond motifs is 1. The van der Waals surface area contributed by atoms with E-state index in [0.29, 0.717) is 23.5 Å². The third-order valence-electron chi connectivity index (χ3n) is 7.27. The van der Waals surface area contributed by atoms with E-state index >= 15 is 0 Å². The van der Waals surface area contributed by atoms with Gasteiger partial charge in [0.2, 0.25) is 5.91 Å². The fourth-order valence-electron chi connectivity index (χ4n) is 5.11. The number of likely N-dealkylation sites (tertiary alicyclic amines) is 1. The summed E-state index contributed by atoms with van der Waals surface area (Å²) in [4.78, 5) is 29.2. The quantitative estimate of drug-likeness (QED) is 0.496. The molecule has 8 heteroatoms. The number of allylic oxidation sites excluding steroid dienone is 1. The molecule has 4 rings (SSSR count). The molecule has 0 aliphatic carbocycles. The number of benzene rings is 2. The van der Waals surface area contributed by atoms with Gasteiger partial charge in [0.1, 0.15) is 0 Å². The number of amides is 2. The highest BCUT2D eigenvalue weighted by atomic mass is 16.5. The Labute approximate surface area is 219 Å². The summed E-state index contributed by atoms with van der Waals surface area (Å²) in [6.07, 6.45) is 3.50. The van der Waals surface area contributed by atoms with Gasteiger partial charge in [0.15, 0.2) is 11.5 Å². The molecule has 198 valence electrons. The third-order valence-corrected chi connectivity index (χ3v) is 7.27. The standard InChI is InChI=1S/C29H38N4O4/c1-6-23(27-22-17-25(36-4)26(37-5)18-24(22)31-28(27)34)30-21-9-7-19(8-10-21)11-14-33-15-12-20(13-16-33)29(35)32(2)3/h7-10,17-18,20,30H,6,11-16H2,1-5H3,(H,31,34). The van der Waals surface area contributed by atoms with Crippen molar-refractivity contribution in [2.24, 2.45) is 5.92 Å². The Bertz CT molecular complexity index is 1170. The van der Waals surface area contributed by atoms with E-state index < -0.39 is 0 Å². The molecule has 1 fully saturated rings. The Balaban J connectivity index is 1.40. The van der Waals surface area contributed by atoms with Crippen LogP contribution in [0, 0.1) is 5.92 Å². The lowest BCUT2D eigenvalue weighted by Crippen LogP contribution is -2.40. The minimum atomic E-state index is -0.137. The lowest BCUT2D eigenvalue weighted by atomic mass is 9.95. The molecule has 0 unspecified atom stereocenters. The second kappa shape index (κ2) is 11.7. The molecule has 2 aromatic rings. The van der Waals surface area contributed by atoms with Crippen LogP contribution in [0.2, 0.25) is 0 Å². The van der Waals surface area contributed by atoms with E-state index in [1.165, 1.54) is 5.56 Å². The summed E-state index contributed by atoms with van der Waals surface area (Å²) < 4.78 is 10.8. The molecule has 2 aromatic carbocycles. The first-order valence-electron chi connectivity index (χ1n) is 12.9. The van der Waals surface area contributed by atoms with Crippen molar-refractivity contribution in [3.8, 4) is 11.5 Å². The Morgan fingerprint density at radius 2 is 1.73 bits per heavy atom. The van der Waals surface area contributed by atoms with Gasteiger partial charge in [0, 0.05) is 49.6 Å². The maximum atomic E-state index is 12.9. The van der Waals surface area contributed by atoms with Gasteiger partial charge in [-0.25, -0.2) is 0 Å². The van der Waals surface area contributed by atoms with Crippen molar-refractivity contribution in [1.29, 1.82) is 0 Å². The first-order chi connectivity index (χ1) is 17.8. The number of ether oxygens (including phenoxy) is 2. The average Bonchev–Trinajstić information content (AvgIpc) is 3.24. The predicted molar refractivity (Wildman–Crippen MR) is 147 cm³/mol. The Morgan fingerprint density at radius 1 is 1.08 bits per heavy atom. The number of rotatable bonds is 9. The minimum absolute atomic E-state index is 0.137. The predicted octanol–water partition coefficient (Wildman–Crippen LogP) is 4.23. The molecule has 0 saturated carbocycles. The van der Waals surface area contributed by atoms with Crippen LogP contribution in [0.1, 0.15) is 37.3 Å². The molecule has 0 aromatic heterocycles. The van der Waals surface area contributed by atoms with Gasteiger partial charge < -0.3 is 29.9 Å². The van der Waals surface area contributed by atoms with Crippen LogP contribution >= 0.6 is 0 Å². The summed E-state index contributed by atoms with van der Waals surface area (Å²) in [5, 5.41) is 6.41. The molecule has 0 bridgehead atoms. The number of piperidine rings is 1. The largest absolute Gasteiger partial charge is 0.493 e. The summed E-state index contributed by atoms with van der Waals surface area (Å²) in [5.41, 5.74) is 5.21. The summed E-state index contributed by atoms with van der Waals surface area (Å²) in [6.45, 7) is 4.96. The minimum Gasteiger partial charge on any atom is -0.493 e. The molecule has 2 heterocycles. The Morgan fingerprint density at radius 3 is 2.32 bits per heavy atom. The Hall–Kier alpha value is -3.52. The van der Waals surface area contributed by atoms with Crippen LogP contribution in [0.3, 0.4) is 0 Å². The van der Waals surface area contributed by atoms with Crippen molar-refractivity contribution < 1.29 is 19.1 Å². The van der Waals surface area contributed by atoms with Crippen LogP contribution < -0.4 is 20.1 Å². The van der Waals surface area contributed by atoms with Gasteiger partial charge in [0.05, 0.1) is 25.5 Å². The second-order valence-electron chi connectivity index (χ2n) is 9.83. The molecular weight excluding hydrogens is 468 g/mol. The fourth-order valence-corrected chi connectivity index (χ4v) is 5.11. The molecule has 1 saturated heterocycles. The normalized spacial score (nSPS) is 17.2. The average molecular weight is 507 g/mol. The van der Waals surface area contributed by atoms with Crippen molar-refractivity contribution in [1.82, 2.24) is 9.80 Å². The highest BCUT2D eigenvalue weighted by Crippen LogP contribution is 2.42. The van der Waals surface area contributed by atoms with Crippen molar-refractivity contribution in [2.75, 3.05) is 58.6 Å². The van der Waals surface area contributed by atoms with Crippen molar-refractivity contribution in [2.45, 2.75) is 32.6 Å². The van der Waals surface area contributed by atoms with Gasteiger partial charge in [-0.2, -0.15) is 0 Å². The molecule has 2 amide bonds. The summed E-state index contributed by atoms with van der Waals surface area (Å²) in [7, 11) is 6.84. The molecule has 8 nitrogen and oxygen atoms in total. The lowest BCUT2D eigenvalue weighted by Gasteiger charge is -2.32. The number of hydrogen-bond acceptors (Lipinski definition) is 6. The molecule has 2 N–H and O–H groups in total. The SMILES string of the molecule is CCC(Nc1ccc(CCN2CCC(C(=O)N(C)C)CC2)cc1)=C1C(=O)Nc2cc(OC)c(OC)cc21. The first kappa shape index (κ1) is 26.5. The lowest BCUT2D eigenvalue weighted by molar-refractivity contribution is -0.134. The maximum Gasteiger partial charge on any atom is 0.258 e. The highest BCUT2D eigenvalue weighted by Gasteiger charge is 2.29. The number of methoxy groups -OCH3 is 2. The molecule has 0 radical (unpaired) electrons. The smallest absolute Gasteiger partial charge is 0.258 e. The number of nitrogens with one attached hydrogen (secondary N) is 2. The third kappa shape index (κ3) is 5.91. The van der Waals surface area contributed by atoms with Gasteiger partial charge in [0.25, 0.3) is 5.91 Å². The van der Waals surface area contributed by atoms with Crippen molar-refractivity contribution >= 4 is 28.8 Å². The van der Waals surface area contributed by atoms with Gasteiger partial charge in [-0.05, 0) is 62.5 Å². The maximum absolute atomic E-state index is 12.9. The summed E-state index contributed by atoms with van der Waals surface area (Å²) in [6, 6.07) is 12.1.